The number of hydrogen-bond donors (Lipinski definition) is 6. The molecule has 1 fully saturated rings. The number of aliphatic hydroxyl groups excluding tert-OH is 5. The van der Waals surface area contributed by atoms with E-state index in [9.17, 15) is 35.1 Å². The third kappa shape index (κ3) is 46.5. The van der Waals surface area contributed by atoms with Gasteiger partial charge in [-0.3, -0.25) is 9.59 Å². The molecule has 11 nitrogen and oxygen atoms in total. The molecule has 1 saturated heterocycles. The van der Waals surface area contributed by atoms with E-state index in [2.05, 4.69) is 105 Å². The Morgan fingerprint density at radius 3 is 1.31 bits per heavy atom. The topological polar surface area (TPSA) is 175 Å². The van der Waals surface area contributed by atoms with Crippen LogP contribution in [0, 0.1) is 0 Å². The number of carbonyl (C=O) groups is 2. The molecule has 1 heterocycles. The molecular weight excluding hydrogens is 1040 g/mol. The highest BCUT2D eigenvalue weighted by atomic mass is 16.7. The van der Waals surface area contributed by atoms with E-state index in [1.54, 1.807) is 6.08 Å². The van der Waals surface area contributed by atoms with Crippen LogP contribution in [0.4, 0.5) is 0 Å². The number of esters is 1. The van der Waals surface area contributed by atoms with Crippen LogP contribution in [-0.2, 0) is 23.8 Å². The summed E-state index contributed by atoms with van der Waals surface area (Å²) >= 11 is 0. The highest BCUT2D eigenvalue weighted by Gasteiger charge is 2.47. The van der Waals surface area contributed by atoms with Crippen molar-refractivity contribution in [2.45, 2.75) is 333 Å². The molecule has 1 aliphatic heterocycles. The third-order valence-electron chi connectivity index (χ3n) is 15.5. The predicted octanol–water partition coefficient (Wildman–Crippen LogP) is 17.1. The second-order valence-electron chi connectivity index (χ2n) is 23.2. The fourth-order valence-electron chi connectivity index (χ4n) is 10.1. The Bertz CT molecular complexity index is 1720. The van der Waals surface area contributed by atoms with Crippen molar-refractivity contribution in [3.05, 3.63) is 97.2 Å². The molecule has 6 N–H and O–H groups in total. The van der Waals surface area contributed by atoms with Gasteiger partial charge in [-0.1, -0.05) is 272 Å². The number of rotatable bonds is 57. The van der Waals surface area contributed by atoms with Gasteiger partial charge in [-0.2, -0.15) is 0 Å². The van der Waals surface area contributed by atoms with Crippen LogP contribution < -0.4 is 5.32 Å². The molecular formula is C72H125NO10. The number of ether oxygens (including phenoxy) is 3. The lowest BCUT2D eigenvalue weighted by atomic mass is 9.99. The van der Waals surface area contributed by atoms with E-state index < -0.39 is 67.4 Å². The lowest BCUT2D eigenvalue weighted by Gasteiger charge is -2.41. The van der Waals surface area contributed by atoms with Crippen molar-refractivity contribution >= 4 is 11.9 Å². The van der Waals surface area contributed by atoms with Gasteiger partial charge in [0.1, 0.15) is 24.4 Å². The first-order chi connectivity index (χ1) is 40.7. The fourth-order valence-corrected chi connectivity index (χ4v) is 10.1. The summed E-state index contributed by atoms with van der Waals surface area (Å²) in [5, 5.41) is 57.1. The summed E-state index contributed by atoms with van der Waals surface area (Å²) in [5.74, 6) is -1.24. The Labute approximate surface area is 507 Å². The fraction of sp³-hybridized carbons (Fsp3) is 0.750. The van der Waals surface area contributed by atoms with Gasteiger partial charge in [0, 0.05) is 6.42 Å². The number of unbranched alkanes of at least 4 members (excludes halogenated alkanes) is 29. The molecule has 0 bridgehead atoms. The Morgan fingerprint density at radius 1 is 0.482 bits per heavy atom. The van der Waals surface area contributed by atoms with Crippen LogP contribution in [0.5, 0.6) is 0 Å². The Kier molecular flexibility index (Phi) is 55.1. The van der Waals surface area contributed by atoms with Crippen LogP contribution in [0.3, 0.4) is 0 Å². The maximum absolute atomic E-state index is 13.4. The van der Waals surface area contributed by atoms with Crippen LogP contribution in [0.25, 0.3) is 0 Å². The van der Waals surface area contributed by atoms with E-state index in [-0.39, 0.29) is 19.4 Å². The summed E-state index contributed by atoms with van der Waals surface area (Å²) in [4.78, 5) is 26.6. The molecule has 0 radical (unpaired) electrons. The van der Waals surface area contributed by atoms with Gasteiger partial charge in [0.25, 0.3) is 0 Å². The van der Waals surface area contributed by atoms with Crippen LogP contribution in [0.2, 0.25) is 0 Å². The minimum Gasteiger partial charge on any atom is -0.454 e. The summed E-state index contributed by atoms with van der Waals surface area (Å²) in [7, 11) is 0. The summed E-state index contributed by atoms with van der Waals surface area (Å²) < 4.78 is 17.7. The number of nitrogens with one attached hydrogen (secondary N) is 1. The molecule has 8 atom stereocenters. The smallest absolute Gasteiger partial charge is 0.306 e. The van der Waals surface area contributed by atoms with Crippen molar-refractivity contribution < 1.29 is 49.3 Å². The number of aliphatic hydroxyl groups is 5. The van der Waals surface area contributed by atoms with E-state index in [0.29, 0.717) is 19.3 Å². The Morgan fingerprint density at radius 2 is 0.867 bits per heavy atom. The molecule has 0 aliphatic carbocycles. The molecule has 1 amide bonds. The van der Waals surface area contributed by atoms with Gasteiger partial charge in [0.2, 0.25) is 5.91 Å². The van der Waals surface area contributed by atoms with Gasteiger partial charge in [-0.25, -0.2) is 0 Å². The average molecular weight is 1160 g/mol. The first-order valence-electron chi connectivity index (χ1n) is 34.0. The molecule has 0 aromatic rings. The molecule has 0 aromatic carbocycles. The third-order valence-corrected chi connectivity index (χ3v) is 15.5. The van der Waals surface area contributed by atoms with E-state index in [4.69, 9.17) is 14.2 Å². The maximum Gasteiger partial charge on any atom is 0.306 e. The summed E-state index contributed by atoms with van der Waals surface area (Å²) in [5.41, 5.74) is 0. The van der Waals surface area contributed by atoms with Crippen LogP contribution in [0.1, 0.15) is 284 Å². The second-order valence-corrected chi connectivity index (χ2v) is 23.2. The summed E-state index contributed by atoms with van der Waals surface area (Å²) in [6.07, 6.45) is 68.7. The molecule has 8 unspecified atom stereocenters. The van der Waals surface area contributed by atoms with Gasteiger partial charge in [-0.05, 0) is 103 Å². The van der Waals surface area contributed by atoms with Gasteiger partial charge < -0.3 is 45.1 Å². The molecule has 0 saturated carbocycles. The Balaban J connectivity index is 2.67. The SMILES string of the molecule is CC/C=C\C/C=C\C/C=C\C/C=C\C/C=C\C/C=C\CCCC(O)C(=O)NC(COC1OC(CO)C(O)C(O)C1OC(=O)CCCCCCCCCCCCC/C=C/CCCCCCCC)C(O)/C=C/CCCCCCCCCCCCC. The zero-order valence-corrected chi connectivity index (χ0v) is 53.0. The highest BCUT2D eigenvalue weighted by Crippen LogP contribution is 2.26. The van der Waals surface area contributed by atoms with Crippen molar-refractivity contribution in [1.82, 2.24) is 5.32 Å². The molecule has 11 heteroatoms. The maximum atomic E-state index is 13.4. The minimum absolute atomic E-state index is 0.114. The lowest BCUT2D eigenvalue weighted by molar-refractivity contribution is -0.305. The van der Waals surface area contributed by atoms with Crippen molar-refractivity contribution in [1.29, 1.82) is 0 Å². The van der Waals surface area contributed by atoms with Gasteiger partial charge >= 0.3 is 5.97 Å². The van der Waals surface area contributed by atoms with E-state index >= 15 is 0 Å². The minimum atomic E-state index is -1.63. The molecule has 0 spiro atoms. The number of allylic oxidation sites excluding steroid dienone is 15. The first kappa shape index (κ1) is 77.6. The Hall–Kier alpha value is -3.42. The largest absolute Gasteiger partial charge is 0.454 e. The number of carbonyl (C=O) groups excluding carboxylic acids is 2. The van der Waals surface area contributed by atoms with Crippen LogP contribution in [0.15, 0.2) is 97.2 Å². The van der Waals surface area contributed by atoms with Gasteiger partial charge in [0.15, 0.2) is 12.4 Å². The molecule has 1 aliphatic rings. The second kappa shape index (κ2) is 58.9. The average Bonchev–Trinajstić information content (AvgIpc) is 3.54. The molecule has 83 heavy (non-hydrogen) atoms. The normalized spacial score (nSPS) is 19.2. The summed E-state index contributed by atoms with van der Waals surface area (Å²) in [6.45, 7) is 5.66. The predicted molar refractivity (Wildman–Crippen MR) is 347 cm³/mol. The molecule has 0 aromatic heterocycles. The van der Waals surface area contributed by atoms with Gasteiger partial charge in [-0.15, -0.1) is 0 Å². The lowest BCUT2D eigenvalue weighted by Crippen LogP contribution is -2.61. The zero-order chi connectivity index (χ0) is 60.3. The number of amides is 1. The standard InChI is InChI=1S/C72H125NO10/c1-4-7-10-13-16-19-22-25-27-29-31-33-35-37-39-42-45-48-51-54-57-60-67(77)83-70-69(79)68(78)66(61-74)82-72(70)81-62-63(64(75)58-55-52-49-46-43-40-24-21-18-15-12-9-6-3)73-71(80)65(76)59-56-53-50-47-44-41-38-36-34-32-30-28-26-23-20-17-14-11-8-5-2/h8,11,17,20,25-28,32,34,38,41,47,50,55,58,63-66,68-70,72,74-76,78-79H,4-7,9-10,12-16,18-19,21-24,29-31,33,35-37,39-40,42-46,48-49,51-54,56-57,59-62H2,1-3H3,(H,73,80)/b11-8-,20-17-,27-25+,28-26-,34-32-,41-38-,50-47-,58-55+. The van der Waals surface area contributed by atoms with E-state index in [1.165, 1.54) is 148 Å². The van der Waals surface area contributed by atoms with Crippen molar-refractivity contribution in [3.8, 4) is 0 Å². The number of hydrogen-bond acceptors (Lipinski definition) is 10. The van der Waals surface area contributed by atoms with E-state index in [1.807, 2.05) is 12.2 Å². The van der Waals surface area contributed by atoms with E-state index in [0.717, 1.165) is 83.5 Å². The first-order valence-corrected chi connectivity index (χ1v) is 34.0. The summed E-state index contributed by atoms with van der Waals surface area (Å²) in [6, 6.07) is -1.05. The quantitative estimate of drug-likeness (QED) is 0.0195. The zero-order valence-electron chi connectivity index (χ0n) is 53.0. The van der Waals surface area contributed by atoms with Crippen LogP contribution >= 0.6 is 0 Å². The molecule has 478 valence electrons. The monoisotopic (exact) mass is 1160 g/mol. The van der Waals surface area contributed by atoms with Crippen molar-refractivity contribution in [2.75, 3.05) is 13.2 Å². The van der Waals surface area contributed by atoms with Gasteiger partial charge in [0.05, 0.1) is 25.4 Å². The van der Waals surface area contributed by atoms with Crippen LogP contribution in [-0.4, -0.2) is 99.6 Å². The molecule has 1 rings (SSSR count). The van der Waals surface area contributed by atoms with Crippen molar-refractivity contribution in [3.63, 3.8) is 0 Å². The van der Waals surface area contributed by atoms with Crippen molar-refractivity contribution in [2.24, 2.45) is 0 Å². The highest BCUT2D eigenvalue weighted by molar-refractivity contribution is 5.80.